The van der Waals surface area contributed by atoms with Crippen LogP contribution in [0.25, 0.3) is 0 Å². The van der Waals surface area contributed by atoms with E-state index in [9.17, 15) is 9.59 Å². The summed E-state index contributed by atoms with van der Waals surface area (Å²) in [5.41, 5.74) is 3.27. The summed E-state index contributed by atoms with van der Waals surface area (Å²) in [7, 11) is 1.84. The summed E-state index contributed by atoms with van der Waals surface area (Å²) < 4.78 is 7.90. The number of aromatic nitrogens is 2. The molecular weight excluding hydrogens is 342 g/mol. The predicted octanol–water partition coefficient (Wildman–Crippen LogP) is 2.92. The second-order valence-corrected chi connectivity index (χ2v) is 7.70. The molecule has 1 aromatic heterocycles. The Labute approximate surface area is 159 Å². The maximum atomic E-state index is 12.9. The number of ketones is 1. The third kappa shape index (κ3) is 3.24. The number of likely N-dealkylation sites (tertiary alicyclic amines) is 1. The minimum atomic E-state index is -0.168. The number of rotatable bonds is 2. The number of piperidine rings is 1. The van der Waals surface area contributed by atoms with Gasteiger partial charge in [-0.25, -0.2) is 0 Å². The monoisotopic (exact) mass is 367 g/mol. The standard InChI is InChI=1S/C21H25N3O3/c1-13-6-7-19-16(9-13)18(25)10-20(27-19)15-5-4-8-24(12-15)21(26)17-11-22-23(3)14(17)2/h6-7,9,11,15,20H,4-5,8,10,12H2,1-3H3/t15-,20+/m1/s1. The number of ether oxygens (including phenoxy) is 1. The average molecular weight is 367 g/mol. The highest BCUT2D eigenvalue weighted by Crippen LogP contribution is 2.34. The van der Waals surface area contributed by atoms with Crippen LogP contribution in [0.15, 0.2) is 24.4 Å². The van der Waals surface area contributed by atoms with Crippen LogP contribution in [0.4, 0.5) is 0 Å². The van der Waals surface area contributed by atoms with Gasteiger partial charge in [-0.15, -0.1) is 0 Å². The quantitative estimate of drug-likeness (QED) is 0.819. The molecule has 0 saturated carbocycles. The number of Topliss-reactive ketones (excluding diaryl/α,β-unsaturated/α-hetero) is 1. The first-order valence-corrected chi connectivity index (χ1v) is 9.52. The zero-order chi connectivity index (χ0) is 19.1. The molecule has 27 heavy (non-hydrogen) atoms. The molecule has 1 amide bonds. The smallest absolute Gasteiger partial charge is 0.257 e. The van der Waals surface area contributed by atoms with Crippen molar-refractivity contribution in [2.24, 2.45) is 13.0 Å². The molecule has 2 atom stereocenters. The molecule has 1 aromatic carbocycles. The fourth-order valence-corrected chi connectivity index (χ4v) is 4.10. The van der Waals surface area contributed by atoms with Crippen molar-refractivity contribution in [3.8, 4) is 5.75 Å². The lowest BCUT2D eigenvalue weighted by Crippen LogP contribution is -2.46. The average Bonchev–Trinajstić information content (AvgIpc) is 3.00. The van der Waals surface area contributed by atoms with E-state index >= 15 is 0 Å². The van der Waals surface area contributed by atoms with Crippen molar-refractivity contribution in [3.05, 3.63) is 46.8 Å². The van der Waals surface area contributed by atoms with Gasteiger partial charge >= 0.3 is 0 Å². The van der Waals surface area contributed by atoms with Gasteiger partial charge in [-0.05, 0) is 38.8 Å². The van der Waals surface area contributed by atoms with Gasteiger partial charge in [-0.3, -0.25) is 14.3 Å². The first-order chi connectivity index (χ1) is 12.9. The Kier molecular flexibility index (Phi) is 4.50. The number of carbonyl (C=O) groups excluding carboxylic acids is 2. The number of hydrogen-bond acceptors (Lipinski definition) is 4. The van der Waals surface area contributed by atoms with Crippen molar-refractivity contribution >= 4 is 11.7 Å². The molecule has 0 aliphatic carbocycles. The Morgan fingerprint density at radius 2 is 2.11 bits per heavy atom. The maximum absolute atomic E-state index is 12.9. The van der Waals surface area contributed by atoms with Crippen LogP contribution in [-0.2, 0) is 7.05 Å². The van der Waals surface area contributed by atoms with Crippen molar-refractivity contribution in [1.82, 2.24) is 14.7 Å². The summed E-state index contributed by atoms with van der Waals surface area (Å²) in [6, 6.07) is 5.76. The van der Waals surface area contributed by atoms with Gasteiger partial charge in [0.2, 0.25) is 0 Å². The molecule has 4 rings (SSSR count). The molecule has 1 saturated heterocycles. The molecule has 0 bridgehead atoms. The van der Waals surface area contributed by atoms with Crippen LogP contribution in [0.1, 0.15) is 51.2 Å². The van der Waals surface area contributed by atoms with Crippen LogP contribution >= 0.6 is 0 Å². The van der Waals surface area contributed by atoms with E-state index in [-0.39, 0.29) is 23.7 Å². The second-order valence-electron chi connectivity index (χ2n) is 7.70. The van der Waals surface area contributed by atoms with E-state index in [0.717, 1.165) is 30.6 Å². The van der Waals surface area contributed by atoms with E-state index in [0.29, 0.717) is 29.8 Å². The minimum absolute atomic E-state index is 0.0171. The van der Waals surface area contributed by atoms with Crippen LogP contribution in [0.5, 0.6) is 5.75 Å². The van der Waals surface area contributed by atoms with Gasteiger partial charge in [0.25, 0.3) is 5.91 Å². The van der Waals surface area contributed by atoms with Gasteiger partial charge in [0.15, 0.2) is 5.78 Å². The molecule has 2 aliphatic heterocycles. The Balaban J connectivity index is 1.50. The minimum Gasteiger partial charge on any atom is -0.489 e. The SMILES string of the molecule is Cc1ccc2c(c1)C(=O)C[C@@H]([C@@H]1CCCN(C(=O)c3cnn(C)c3C)C1)O2. The first kappa shape index (κ1) is 17.8. The van der Waals surface area contributed by atoms with Crippen LogP contribution in [-0.4, -0.2) is 45.6 Å². The highest BCUT2D eigenvalue weighted by Gasteiger charge is 2.36. The fraction of sp³-hybridized carbons (Fsp3) is 0.476. The summed E-state index contributed by atoms with van der Waals surface area (Å²) in [4.78, 5) is 27.4. The van der Waals surface area contributed by atoms with Crippen molar-refractivity contribution in [3.63, 3.8) is 0 Å². The molecule has 0 N–H and O–H groups in total. The fourth-order valence-electron chi connectivity index (χ4n) is 4.10. The second kappa shape index (κ2) is 6.83. The molecule has 2 aliphatic rings. The topological polar surface area (TPSA) is 64.4 Å². The molecule has 2 aromatic rings. The number of benzene rings is 1. The molecule has 1 fully saturated rings. The lowest BCUT2D eigenvalue weighted by atomic mass is 9.86. The van der Waals surface area contributed by atoms with Crippen molar-refractivity contribution < 1.29 is 14.3 Å². The molecule has 0 unspecified atom stereocenters. The van der Waals surface area contributed by atoms with E-state index in [4.69, 9.17) is 4.74 Å². The Hall–Kier alpha value is -2.63. The predicted molar refractivity (Wildman–Crippen MR) is 101 cm³/mol. The summed E-state index contributed by atoms with van der Waals surface area (Å²) >= 11 is 0. The summed E-state index contributed by atoms with van der Waals surface area (Å²) in [6.45, 7) is 5.24. The zero-order valence-corrected chi connectivity index (χ0v) is 16.1. The van der Waals surface area contributed by atoms with Crippen LogP contribution in [0.2, 0.25) is 0 Å². The summed E-state index contributed by atoms with van der Waals surface area (Å²) in [5.74, 6) is 0.992. The van der Waals surface area contributed by atoms with Gasteiger partial charge in [-0.2, -0.15) is 5.10 Å². The maximum Gasteiger partial charge on any atom is 0.257 e. The molecule has 6 nitrogen and oxygen atoms in total. The van der Waals surface area contributed by atoms with E-state index in [1.54, 1.807) is 10.9 Å². The number of nitrogens with zero attached hydrogens (tertiary/aromatic N) is 3. The molecule has 142 valence electrons. The third-order valence-corrected chi connectivity index (χ3v) is 5.84. The number of carbonyl (C=O) groups is 2. The number of aryl methyl sites for hydroxylation is 2. The Bertz CT molecular complexity index is 902. The van der Waals surface area contributed by atoms with Gasteiger partial charge in [0.05, 0.1) is 17.3 Å². The van der Waals surface area contributed by atoms with Gasteiger partial charge in [-0.1, -0.05) is 11.6 Å². The summed E-state index contributed by atoms with van der Waals surface area (Å²) in [6.07, 6.45) is 3.74. The van der Waals surface area contributed by atoms with Gasteiger partial charge < -0.3 is 9.64 Å². The zero-order valence-electron chi connectivity index (χ0n) is 16.1. The molecule has 0 radical (unpaired) electrons. The molecule has 0 spiro atoms. The van der Waals surface area contributed by atoms with Crippen molar-refractivity contribution in [2.45, 2.75) is 39.2 Å². The van der Waals surface area contributed by atoms with E-state index < -0.39 is 0 Å². The lowest BCUT2D eigenvalue weighted by molar-refractivity contribution is 0.0408. The van der Waals surface area contributed by atoms with Crippen LogP contribution < -0.4 is 4.74 Å². The first-order valence-electron chi connectivity index (χ1n) is 9.52. The Morgan fingerprint density at radius 1 is 1.30 bits per heavy atom. The van der Waals surface area contributed by atoms with Crippen LogP contribution in [0.3, 0.4) is 0 Å². The normalized spacial score (nSPS) is 22.3. The molecular formula is C21H25N3O3. The lowest BCUT2D eigenvalue weighted by Gasteiger charge is -2.38. The van der Waals surface area contributed by atoms with Crippen molar-refractivity contribution in [1.29, 1.82) is 0 Å². The van der Waals surface area contributed by atoms with E-state index in [1.807, 2.05) is 44.0 Å². The van der Waals surface area contributed by atoms with Gasteiger partial charge in [0.1, 0.15) is 11.9 Å². The Morgan fingerprint density at radius 3 is 2.85 bits per heavy atom. The van der Waals surface area contributed by atoms with E-state index in [1.165, 1.54) is 0 Å². The van der Waals surface area contributed by atoms with Crippen molar-refractivity contribution in [2.75, 3.05) is 13.1 Å². The highest BCUT2D eigenvalue weighted by molar-refractivity contribution is 6.00. The van der Waals surface area contributed by atoms with Gasteiger partial charge in [0, 0.05) is 38.2 Å². The van der Waals surface area contributed by atoms with Crippen LogP contribution in [0, 0.1) is 19.8 Å². The number of fused-ring (bicyclic) bond motifs is 1. The number of hydrogen-bond donors (Lipinski definition) is 0. The molecule has 3 heterocycles. The molecule has 6 heteroatoms. The largest absolute Gasteiger partial charge is 0.489 e. The third-order valence-electron chi connectivity index (χ3n) is 5.84. The number of amides is 1. The highest BCUT2D eigenvalue weighted by atomic mass is 16.5. The summed E-state index contributed by atoms with van der Waals surface area (Å²) in [5, 5.41) is 4.18. The van der Waals surface area contributed by atoms with E-state index in [2.05, 4.69) is 5.10 Å².